The van der Waals surface area contributed by atoms with E-state index in [9.17, 15) is 0 Å². The summed E-state index contributed by atoms with van der Waals surface area (Å²) in [5.74, 6) is 1.63. The molecule has 1 aliphatic rings. The minimum atomic E-state index is 0. The molecule has 2 heterocycles. The molecule has 0 unspecified atom stereocenters. The van der Waals surface area contributed by atoms with Crippen LogP contribution < -0.4 is 9.80 Å². The van der Waals surface area contributed by atoms with E-state index in [4.69, 9.17) is 0 Å². The second-order valence-electron chi connectivity index (χ2n) is 4.64. The summed E-state index contributed by atoms with van der Waals surface area (Å²) in [5.41, 5.74) is 2.00. The van der Waals surface area contributed by atoms with Crippen molar-refractivity contribution < 1.29 is 20.1 Å². The molecule has 0 spiro atoms. The molecule has 3 aromatic rings. The second-order valence-corrected chi connectivity index (χ2v) is 4.64. The molecule has 0 aliphatic carbocycles. The zero-order valence-electron chi connectivity index (χ0n) is 11.6. The normalized spacial score (nSPS) is 12.7. The Morgan fingerprint density at radius 3 is 2.18 bits per heavy atom. The first-order valence-electron chi connectivity index (χ1n) is 6.70. The van der Waals surface area contributed by atoms with E-state index in [1.54, 1.807) is 12.4 Å². The van der Waals surface area contributed by atoms with Gasteiger partial charge in [-0.15, -0.1) is 12.4 Å². The molecule has 0 fully saturated rings. The third-order valence-electron chi connectivity index (χ3n) is 3.33. The van der Waals surface area contributed by atoms with Gasteiger partial charge < -0.3 is 9.80 Å². The van der Waals surface area contributed by atoms with Gasteiger partial charge in [-0.05, 0) is 12.1 Å². The number of hydrogen-bond donors (Lipinski definition) is 0. The fourth-order valence-electron chi connectivity index (χ4n) is 2.38. The van der Waals surface area contributed by atoms with Gasteiger partial charge in [-0.3, -0.25) is 0 Å². The predicted molar refractivity (Wildman–Crippen MR) is 82.3 cm³/mol. The van der Waals surface area contributed by atoms with E-state index >= 15 is 0 Å². The van der Waals surface area contributed by atoms with Gasteiger partial charge >= 0.3 is 0 Å². The van der Waals surface area contributed by atoms with Crippen molar-refractivity contribution in [2.75, 3.05) is 9.80 Å². The first-order valence-corrected chi connectivity index (χ1v) is 6.70. The summed E-state index contributed by atoms with van der Waals surface area (Å²) in [6.45, 7) is 1.99. The fourth-order valence-corrected chi connectivity index (χ4v) is 2.38. The van der Waals surface area contributed by atoms with Crippen molar-refractivity contribution in [3.63, 3.8) is 0 Å². The van der Waals surface area contributed by atoms with Crippen LogP contribution in [0.4, 0.5) is 23.0 Å². The van der Waals surface area contributed by atoms with Crippen LogP contribution in [-0.4, -0.2) is 9.97 Å². The van der Waals surface area contributed by atoms with Crippen LogP contribution in [0.5, 0.6) is 0 Å². The van der Waals surface area contributed by atoms with Crippen molar-refractivity contribution >= 4 is 23.0 Å². The molecule has 0 N–H and O–H groups in total. The Balaban J connectivity index is 0.00000144. The molecular formula is C17H12IrN4-2. The third kappa shape index (κ3) is 2.49. The van der Waals surface area contributed by atoms with E-state index in [1.807, 2.05) is 71.1 Å². The maximum Gasteiger partial charge on any atom is 0.145 e. The quantitative estimate of drug-likeness (QED) is 0.542. The Bertz CT molecular complexity index is 684. The first kappa shape index (κ1) is 14.7. The number of anilines is 4. The van der Waals surface area contributed by atoms with Gasteiger partial charge in [-0.2, -0.15) is 30.3 Å². The van der Waals surface area contributed by atoms with Gasteiger partial charge in [0.25, 0.3) is 0 Å². The zero-order valence-corrected chi connectivity index (χ0v) is 13.9. The van der Waals surface area contributed by atoms with Gasteiger partial charge in [-0.1, -0.05) is 18.2 Å². The van der Waals surface area contributed by atoms with Gasteiger partial charge in [0.2, 0.25) is 0 Å². The minimum absolute atomic E-state index is 0. The van der Waals surface area contributed by atoms with E-state index in [1.165, 1.54) is 0 Å². The van der Waals surface area contributed by atoms with Gasteiger partial charge in [0.1, 0.15) is 11.6 Å². The van der Waals surface area contributed by atoms with Crippen LogP contribution in [0.3, 0.4) is 0 Å². The number of benzene rings is 2. The topological polar surface area (TPSA) is 32.3 Å². The van der Waals surface area contributed by atoms with E-state index in [0.717, 1.165) is 23.0 Å². The fraction of sp³-hybridized carbons (Fsp3) is 0. The molecule has 4 rings (SSSR count). The minimum Gasteiger partial charge on any atom is -0.477 e. The number of rotatable bonds is 2. The summed E-state index contributed by atoms with van der Waals surface area (Å²) < 4.78 is 0. The van der Waals surface area contributed by atoms with Crippen molar-refractivity contribution in [1.82, 2.24) is 9.97 Å². The average molecular weight is 465 g/mol. The van der Waals surface area contributed by atoms with Gasteiger partial charge in [-0.25, -0.2) is 9.97 Å². The van der Waals surface area contributed by atoms with E-state index in [0.29, 0.717) is 0 Å². The van der Waals surface area contributed by atoms with Crippen molar-refractivity contribution in [2.45, 2.75) is 0 Å². The number of hydrogen-bond acceptors (Lipinski definition) is 4. The second kappa shape index (κ2) is 6.26. The summed E-state index contributed by atoms with van der Waals surface area (Å²) in [6, 6.07) is 21.2. The summed E-state index contributed by atoms with van der Waals surface area (Å²) >= 11 is 0. The molecule has 0 amide bonds. The van der Waals surface area contributed by atoms with Crippen molar-refractivity contribution in [1.29, 1.82) is 0 Å². The Hall–Kier alpha value is -2.23. The Kier molecular flexibility index (Phi) is 4.18. The molecular weight excluding hydrogens is 452 g/mol. The molecule has 4 nitrogen and oxygen atoms in total. The summed E-state index contributed by atoms with van der Waals surface area (Å²) in [7, 11) is 0. The van der Waals surface area contributed by atoms with Gasteiger partial charge in [0.05, 0.1) is 0 Å². The van der Waals surface area contributed by atoms with Crippen LogP contribution in [-0.2, 0) is 20.1 Å². The maximum absolute atomic E-state index is 4.47. The molecule has 1 aliphatic heterocycles. The zero-order chi connectivity index (χ0) is 14.1. The van der Waals surface area contributed by atoms with Crippen molar-refractivity contribution in [3.05, 3.63) is 79.7 Å². The first-order chi connectivity index (χ1) is 10.4. The Labute approximate surface area is 142 Å². The number of aromatic nitrogens is 2. The third-order valence-corrected chi connectivity index (χ3v) is 3.33. The van der Waals surface area contributed by atoms with Gasteiger partial charge in [0.15, 0.2) is 0 Å². The van der Waals surface area contributed by atoms with Crippen molar-refractivity contribution in [2.24, 2.45) is 0 Å². The van der Waals surface area contributed by atoms with Crippen LogP contribution in [0.2, 0.25) is 0 Å². The largest absolute Gasteiger partial charge is 0.477 e. The molecule has 0 bridgehead atoms. The molecule has 1 radical (unpaired) electrons. The summed E-state index contributed by atoms with van der Waals surface area (Å²) in [5, 5.41) is 0. The molecule has 1 aromatic heterocycles. The summed E-state index contributed by atoms with van der Waals surface area (Å²) in [4.78, 5) is 13.0. The number of nitrogens with zero attached hydrogens (tertiary/aromatic N) is 4. The van der Waals surface area contributed by atoms with Crippen LogP contribution in [0.1, 0.15) is 0 Å². The van der Waals surface area contributed by atoms with E-state index in [-0.39, 0.29) is 20.1 Å². The molecule has 0 saturated carbocycles. The number of para-hydroxylation sites is 2. The van der Waals surface area contributed by atoms with Crippen LogP contribution in [0.25, 0.3) is 0 Å². The maximum atomic E-state index is 4.47. The Morgan fingerprint density at radius 2 is 1.50 bits per heavy atom. The van der Waals surface area contributed by atoms with E-state index in [2.05, 4.69) is 16.0 Å². The molecule has 0 saturated heterocycles. The average Bonchev–Trinajstić information content (AvgIpc) is 2.96. The monoisotopic (exact) mass is 465 g/mol. The molecule has 2 aromatic carbocycles. The van der Waals surface area contributed by atoms with Crippen molar-refractivity contribution in [3.8, 4) is 0 Å². The van der Waals surface area contributed by atoms with Crippen LogP contribution >= 0.6 is 0 Å². The standard InChI is InChI=1S/C17H12N4.Ir/c1-3-7-14(8-4-1)20-13-21(15-9-5-2-6-10-15)17-16(20)18-11-12-19-17;/h1-9,11-13H;/q-2;. The van der Waals surface area contributed by atoms with Gasteiger partial charge in [0, 0.05) is 38.2 Å². The van der Waals surface area contributed by atoms with Crippen LogP contribution in [0, 0.1) is 12.7 Å². The molecule has 111 valence electrons. The SMILES string of the molecule is [Ir].[c-]1ccccc1N1[CH-]N(c2ccccc2)c2nccnc21. The number of fused-ring (bicyclic) bond motifs is 1. The predicted octanol–water partition coefficient (Wildman–Crippen LogP) is 3.68. The summed E-state index contributed by atoms with van der Waals surface area (Å²) in [6.07, 6.45) is 3.41. The van der Waals surface area contributed by atoms with E-state index < -0.39 is 0 Å². The van der Waals surface area contributed by atoms with Crippen LogP contribution in [0.15, 0.2) is 67.0 Å². The smallest absolute Gasteiger partial charge is 0.145 e. The molecule has 22 heavy (non-hydrogen) atoms. The molecule has 0 atom stereocenters. The molecule has 5 heteroatoms. The Morgan fingerprint density at radius 1 is 0.818 bits per heavy atom.